The number of halogens is 1. The van der Waals surface area contributed by atoms with Crippen LogP contribution in [0.15, 0.2) is 67.3 Å². The molecular weight excluding hydrogens is 555 g/mol. The molecule has 1 fully saturated rings. The molecule has 1 aromatic carbocycles. The Bertz CT molecular complexity index is 1900. The van der Waals surface area contributed by atoms with Crippen LogP contribution in [0.5, 0.6) is 0 Å². The van der Waals surface area contributed by atoms with Crippen LogP contribution in [-0.2, 0) is 16.1 Å². The molecule has 14 heteroatoms. The highest BCUT2D eigenvalue weighted by atomic mass is 19.1. The molecule has 6 rings (SSSR count). The summed E-state index contributed by atoms with van der Waals surface area (Å²) >= 11 is 0. The third-order valence-corrected chi connectivity index (χ3v) is 6.82. The van der Waals surface area contributed by atoms with Crippen molar-refractivity contribution in [3.63, 3.8) is 0 Å². The number of likely N-dealkylation sites (tertiary alicyclic amines) is 1. The van der Waals surface area contributed by atoms with Crippen LogP contribution in [0.3, 0.4) is 0 Å². The van der Waals surface area contributed by atoms with Crippen molar-refractivity contribution >= 4 is 34.4 Å². The van der Waals surface area contributed by atoms with Crippen LogP contribution in [-0.4, -0.2) is 76.3 Å². The van der Waals surface area contributed by atoms with Crippen molar-refractivity contribution in [2.45, 2.75) is 25.2 Å². The van der Waals surface area contributed by atoms with Crippen molar-refractivity contribution in [3.05, 3.63) is 84.3 Å². The summed E-state index contributed by atoms with van der Waals surface area (Å²) in [5, 5.41) is 13.9. The number of aromatic nitrogens is 7. The number of amides is 3. The molecule has 0 saturated carbocycles. The van der Waals surface area contributed by atoms with Crippen molar-refractivity contribution in [2.24, 2.45) is 5.73 Å². The molecule has 4 aromatic heterocycles. The van der Waals surface area contributed by atoms with Gasteiger partial charge in [-0.25, -0.2) is 19.3 Å². The first kappa shape index (κ1) is 27.2. The summed E-state index contributed by atoms with van der Waals surface area (Å²) in [6.07, 6.45) is 4.84. The van der Waals surface area contributed by atoms with Crippen LogP contribution in [0, 0.1) is 11.8 Å². The molecule has 0 spiro atoms. The number of aromatic amines is 1. The number of hydrogen-bond donors (Lipinski definition) is 3. The van der Waals surface area contributed by atoms with E-state index in [0.717, 1.165) is 5.56 Å². The first-order valence-corrected chi connectivity index (χ1v) is 13.2. The number of fused-ring (bicyclic) bond motifs is 1. The average Bonchev–Trinajstić information content (AvgIpc) is 3.76. The van der Waals surface area contributed by atoms with Gasteiger partial charge in [0.15, 0.2) is 5.69 Å². The fraction of sp³-hybridized carbons (Fsp3) is 0.172. The zero-order valence-corrected chi connectivity index (χ0v) is 22.4. The number of rotatable bonds is 6. The molecule has 3 amide bonds. The van der Waals surface area contributed by atoms with Crippen LogP contribution in [0.25, 0.3) is 22.2 Å². The lowest BCUT2D eigenvalue weighted by atomic mass is 10.1. The minimum Gasteiger partial charge on any atom is -0.364 e. The molecule has 0 unspecified atom stereocenters. The van der Waals surface area contributed by atoms with Gasteiger partial charge in [-0.05, 0) is 42.3 Å². The fourth-order valence-electron chi connectivity index (χ4n) is 4.84. The molecule has 13 nitrogen and oxygen atoms in total. The van der Waals surface area contributed by atoms with Gasteiger partial charge in [0, 0.05) is 41.5 Å². The monoisotopic (exact) mass is 578 g/mol. The van der Waals surface area contributed by atoms with Crippen molar-refractivity contribution in [2.75, 3.05) is 11.9 Å². The fourth-order valence-corrected chi connectivity index (χ4v) is 4.84. The Morgan fingerprint density at radius 3 is 2.72 bits per heavy atom. The topological polar surface area (TPSA) is 178 Å². The first-order valence-electron chi connectivity index (χ1n) is 13.2. The maximum absolute atomic E-state index is 14.6. The number of benzene rings is 1. The Morgan fingerprint density at radius 1 is 1.12 bits per heavy atom. The molecule has 43 heavy (non-hydrogen) atoms. The smallest absolute Gasteiger partial charge is 0.269 e. The van der Waals surface area contributed by atoms with Gasteiger partial charge in [-0.3, -0.25) is 24.2 Å². The molecule has 0 radical (unpaired) electrons. The molecule has 0 aliphatic carbocycles. The summed E-state index contributed by atoms with van der Waals surface area (Å²) in [6, 6.07) is 10.7. The minimum absolute atomic E-state index is 0.0509. The van der Waals surface area contributed by atoms with E-state index in [2.05, 4.69) is 47.4 Å². The summed E-state index contributed by atoms with van der Waals surface area (Å²) in [4.78, 5) is 52.5. The Morgan fingerprint density at radius 2 is 1.95 bits per heavy atom. The van der Waals surface area contributed by atoms with Crippen molar-refractivity contribution in [1.29, 1.82) is 0 Å². The number of primary amides is 1. The number of nitrogens with two attached hydrogens (primary N) is 1. The van der Waals surface area contributed by atoms with E-state index in [1.165, 1.54) is 9.58 Å². The van der Waals surface area contributed by atoms with Crippen molar-refractivity contribution < 1.29 is 18.8 Å². The number of anilines is 1. The quantitative estimate of drug-likeness (QED) is 0.255. The summed E-state index contributed by atoms with van der Waals surface area (Å²) < 4.78 is 15.9. The van der Waals surface area contributed by atoms with Gasteiger partial charge in [-0.15, -0.1) is 0 Å². The largest absolute Gasteiger partial charge is 0.364 e. The number of carbonyl (C=O) groups is 3. The van der Waals surface area contributed by atoms with E-state index in [0.29, 0.717) is 28.0 Å². The van der Waals surface area contributed by atoms with Gasteiger partial charge < -0.3 is 16.0 Å². The standard InChI is InChI=1S/C29H23FN10O3/c30-19-12-23(29(43)37-25-4-1-3-21(36-25)18-13-34-35-14-18)39(15-19)26(41)16-40-22-7-5-17(6-8-24-32-9-2-10-33-24)11-20(22)27(38-40)28(31)42/h1-5,7,9-11,13-14,19,23H,12,15-16H2,(H2,31,42)(H,34,35)(H,36,37,43)/t19-,23+/m1/s1. The van der Waals surface area contributed by atoms with Crippen LogP contribution < -0.4 is 11.1 Å². The summed E-state index contributed by atoms with van der Waals surface area (Å²) in [7, 11) is 0. The van der Waals surface area contributed by atoms with Crippen molar-refractivity contribution in [1.82, 2.24) is 39.8 Å². The number of hydrogen-bond acceptors (Lipinski definition) is 8. The molecule has 5 aromatic rings. The summed E-state index contributed by atoms with van der Waals surface area (Å²) in [5.74, 6) is 4.44. The van der Waals surface area contributed by atoms with Gasteiger partial charge in [0.05, 0.1) is 24.0 Å². The van der Waals surface area contributed by atoms with Gasteiger partial charge in [-0.2, -0.15) is 10.2 Å². The Hall–Kier alpha value is -5.97. The second-order valence-corrected chi connectivity index (χ2v) is 9.70. The third kappa shape index (κ3) is 5.77. The van der Waals surface area contributed by atoms with E-state index in [1.807, 2.05) is 0 Å². The normalized spacial score (nSPS) is 16.1. The molecule has 0 bridgehead atoms. The average molecular weight is 579 g/mol. The Labute approximate surface area is 243 Å². The molecule has 4 N–H and O–H groups in total. The van der Waals surface area contributed by atoms with E-state index >= 15 is 0 Å². The Kier molecular flexibility index (Phi) is 7.27. The van der Waals surface area contributed by atoms with Crippen LogP contribution in [0.4, 0.5) is 10.2 Å². The molecule has 214 valence electrons. The molecule has 1 aliphatic rings. The van der Waals surface area contributed by atoms with Gasteiger partial charge in [0.2, 0.25) is 17.6 Å². The third-order valence-electron chi connectivity index (χ3n) is 6.82. The minimum atomic E-state index is -1.39. The number of nitrogens with one attached hydrogen (secondary N) is 2. The van der Waals surface area contributed by atoms with Gasteiger partial charge in [-0.1, -0.05) is 12.0 Å². The second kappa shape index (κ2) is 11.5. The molecule has 2 atom stereocenters. The zero-order chi connectivity index (χ0) is 29.9. The highest BCUT2D eigenvalue weighted by Gasteiger charge is 2.40. The highest BCUT2D eigenvalue weighted by Crippen LogP contribution is 2.25. The van der Waals surface area contributed by atoms with E-state index in [-0.39, 0.29) is 31.0 Å². The molecular formula is C29H23FN10O3. The van der Waals surface area contributed by atoms with E-state index in [9.17, 15) is 18.8 Å². The lowest BCUT2D eigenvalue weighted by Crippen LogP contribution is -2.44. The molecule has 1 saturated heterocycles. The van der Waals surface area contributed by atoms with E-state index in [1.54, 1.807) is 67.3 Å². The van der Waals surface area contributed by atoms with E-state index in [4.69, 9.17) is 5.73 Å². The lowest BCUT2D eigenvalue weighted by molar-refractivity contribution is -0.137. The number of nitrogens with zero attached hydrogens (tertiary/aromatic N) is 7. The van der Waals surface area contributed by atoms with Gasteiger partial charge >= 0.3 is 0 Å². The summed E-state index contributed by atoms with van der Waals surface area (Å²) in [6.45, 7) is -0.611. The number of alkyl halides is 1. The predicted octanol–water partition coefficient (Wildman–Crippen LogP) is 1.69. The lowest BCUT2D eigenvalue weighted by Gasteiger charge is -2.23. The number of H-pyrrole nitrogens is 1. The molecule has 5 heterocycles. The zero-order valence-electron chi connectivity index (χ0n) is 22.4. The summed E-state index contributed by atoms with van der Waals surface area (Å²) in [5.41, 5.74) is 7.82. The maximum atomic E-state index is 14.6. The van der Waals surface area contributed by atoms with Crippen LogP contribution in [0.1, 0.15) is 28.3 Å². The maximum Gasteiger partial charge on any atom is 0.269 e. The Balaban J connectivity index is 1.22. The number of pyridine rings is 1. The number of carbonyl (C=O) groups excluding carboxylic acids is 3. The highest BCUT2D eigenvalue weighted by molar-refractivity contribution is 6.05. The molecule has 1 aliphatic heterocycles. The van der Waals surface area contributed by atoms with Crippen molar-refractivity contribution in [3.8, 4) is 23.1 Å². The van der Waals surface area contributed by atoms with Gasteiger partial charge in [0.25, 0.3) is 5.91 Å². The van der Waals surface area contributed by atoms with Crippen LogP contribution in [0.2, 0.25) is 0 Å². The first-order chi connectivity index (χ1) is 20.9. The van der Waals surface area contributed by atoms with E-state index < -0.39 is 29.9 Å². The van der Waals surface area contributed by atoms with Gasteiger partial charge in [0.1, 0.15) is 24.6 Å². The predicted molar refractivity (Wildman–Crippen MR) is 152 cm³/mol. The second-order valence-electron chi connectivity index (χ2n) is 9.70. The SMILES string of the molecule is NC(=O)c1nn(CC(=O)N2C[C@H](F)C[C@H]2C(=O)Nc2cccc(-c3cn[nH]c3)n2)c2ccc(C#Cc3ncccn3)cc12. The van der Waals surface area contributed by atoms with Crippen LogP contribution >= 0.6 is 0 Å².